The molecule has 1 unspecified atom stereocenters. The van der Waals surface area contributed by atoms with Crippen molar-refractivity contribution in [3.8, 4) is 6.07 Å². The summed E-state index contributed by atoms with van der Waals surface area (Å²) in [6, 6.07) is 2.03. The van der Waals surface area contributed by atoms with Gasteiger partial charge in [-0.1, -0.05) is 18.0 Å². The third kappa shape index (κ3) is 2.21. The number of nitrogens with one attached hydrogen (secondary N) is 1. The quantitative estimate of drug-likeness (QED) is 0.861. The Bertz CT molecular complexity index is 401. The average Bonchev–Trinajstić information content (AvgIpc) is 2.61. The maximum Gasteiger partial charge on any atom is 0.153 e. The third-order valence-corrected chi connectivity index (χ3v) is 3.24. The van der Waals surface area contributed by atoms with E-state index in [2.05, 4.69) is 20.9 Å². The standard InChI is InChI=1S/C11H15ClN4/c1-8-14-10(11(12)15-8)9(7-13)16-5-3-2-4-6-16/h9H,2-6H2,1H3,(H,14,15). The largest absolute Gasteiger partial charge is 0.343 e. The normalized spacial score (nSPS) is 19.3. The van der Waals surface area contributed by atoms with Crippen LogP contribution in [0.2, 0.25) is 5.15 Å². The summed E-state index contributed by atoms with van der Waals surface area (Å²) in [6.45, 7) is 3.78. The zero-order valence-corrected chi connectivity index (χ0v) is 10.1. The minimum absolute atomic E-state index is 0.283. The monoisotopic (exact) mass is 238 g/mol. The van der Waals surface area contributed by atoms with Crippen LogP contribution in [0.1, 0.15) is 36.8 Å². The minimum atomic E-state index is -0.283. The molecule has 0 aliphatic carbocycles. The van der Waals surface area contributed by atoms with E-state index in [1.165, 1.54) is 6.42 Å². The van der Waals surface area contributed by atoms with Gasteiger partial charge in [-0.25, -0.2) is 4.98 Å². The van der Waals surface area contributed by atoms with Crippen LogP contribution in [0.25, 0.3) is 0 Å². The lowest BCUT2D eigenvalue weighted by molar-refractivity contribution is 0.194. The lowest BCUT2D eigenvalue weighted by Gasteiger charge is -2.29. The van der Waals surface area contributed by atoms with Gasteiger partial charge < -0.3 is 4.98 Å². The number of piperidine rings is 1. The highest BCUT2D eigenvalue weighted by Crippen LogP contribution is 2.27. The van der Waals surface area contributed by atoms with Gasteiger partial charge in [0, 0.05) is 0 Å². The summed E-state index contributed by atoms with van der Waals surface area (Å²) in [5.74, 6) is 0.761. The van der Waals surface area contributed by atoms with Crippen LogP contribution in [0, 0.1) is 18.3 Å². The van der Waals surface area contributed by atoms with E-state index in [0.29, 0.717) is 5.15 Å². The van der Waals surface area contributed by atoms with Gasteiger partial charge in [0.1, 0.15) is 11.9 Å². The SMILES string of the molecule is Cc1nc(Cl)c(C(C#N)N2CCCCC2)[nH]1. The van der Waals surface area contributed by atoms with Crippen molar-refractivity contribution in [1.29, 1.82) is 5.26 Å². The highest BCUT2D eigenvalue weighted by molar-refractivity contribution is 6.30. The molecule has 2 heterocycles. The van der Waals surface area contributed by atoms with E-state index >= 15 is 0 Å². The molecule has 0 spiro atoms. The van der Waals surface area contributed by atoms with Crippen LogP contribution >= 0.6 is 11.6 Å². The highest BCUT2D eigenvalue weighted by atomic mass is 35.5. The molecular formula is C11H15ClN4. The van der Waals surface area contributed by atoms with E-state index in [4.69, 9.17) is 11.6 Å². The first-order valence-corrected chi connectivity index (χ1v) is 5.96. The van der Waals surface area contributed by atoms with Gasteiger partial charge in [-0.05, 0) is 32.9 Å². The molecule has 0 saturated carbocycles. The van der Waals surface area contributed by atoms with Crippen LogP contribution in [0.15, 0.2) is 0 Å². The van der Waals surface area contributed by atoms with Crippen LogP contribution < -0.4 is 0 Å². The highest BCUT2D eigenvalue weighted by Gasteiger charge is 2.25. The van der Waals surface area contributed by atoms with Crippen molar-refractivity contribution in [2.75, 3.05) is 13.1 Å². The molecule has 0 bridgehead atoms. The summed E-state index contributed by atoms with van der Waals surface area (Å²) < 4.78 is 0. The average molecular weight is 239 g/mol. The van der Waals surface area contributed by atoms with Crippen LogP contribution in [-0.2, 0) is 0 Å². The van der Waals surface area contributed by atoms with E-state index in [9.17, 15) is 5.26 Å². The molecule has 1 aliphatic heterocycles. The molecule has 1 fully saturated rings. The van der Waals surface area contributed by atoms with E-state index in [0.717, 1.165) is 37.4 Å². The topological polar surface area (TPSA) is 55.7 Å². The Balaban J connectivity index is 2.22. The fourth-order valence-electron chi connectivity index (χ4n) is 2.17. The molecule has 1 aromatic heterocycles. The number of nitrogens with zero attached hydrogens (tertiary/aromatic N) is 3. The van der Waals surface area contributed by atoms with Crippen LogP contribution in [0.4, 0.5) is 0 Å². The maximum atomic E-state index is 9.27. The van der Waals surface area contributed by atoms with Gasteiger partial charge in [0.15, 0.2) is 5.15 Å². The smallest absolute Gasteiger partial charge is 0.153 e. The molecule has 1 N–H and O–H groups in total. The van der Waals surface area contributed by atoms with Crippen molar-refractivity contribution >= 4 is 11.6 Å². The zero-order chi connectivity index (χ0) is 11.5. The molecule has 86 valence electrons. The number of imidazole rings is 1. The summed E-state index contributed by atoms with van der Waals surface area (Å²) in [5, 5.41) is 9.69. The molecule has 4 nitrogen and oxygen atoms in total. The van der Waals surface area contributed by atoms with Gasteiger partial charge in [-0.3, -0.25) is 4.90 Å². The number of rotatable bonds is 2. The second-order valence-electron chi connectivity index (χ2n) is 4.15. The first kappa shape index (κ1) is 11.4. The van der Waals surface area contributed by atoms with Gasteiger partial charge in [0.25, 0.3) is 0 Å². The molecule has 0 aromatic carbocycles. The number of H-pyrrole nitrogens is 1. The Morgan fingerprint density at radius 2 is 2.12 bits per heavy atom. The second-order valence-corrected chi connectivity index (χ2v) is 4.51. The molecule has 16 heavy (non-hydrogen) atoms. The van der Waals surface area contributed by atoms with Gasteiger partial charge in [0.05, 0.1) is 11.8 Å². The molecule has 1 saturated heterocycles. The van der Waals surface area contributed by atoms with Crippen molar-refractivity contribution in [2.45, 2.75) is 32.2 Å². The molecule has 1 atom stereocenters. The number of aromatic nitrogens is 2. The summed E-state index contributed by atoms with van der Waals surface area (Å²) in [7, 11) is 0. The van der Waals surface area contributed by atoms with Crippen molar-refractivity contribution in [1.82, 2.24) is 14.9 Å². The van der Waals surface area contributed by atoms with Crippen LogP contribution in [0.3, 0.4) is 0 Å². The summed E-state index contributed by atoms with van der Waals surface area (Å²) >= 11 is 6.02. The fourth-order valence-corrected chi connectivity index (χ4v) is 2.45. The number of likely N-dealkylation sites (tertiary alicyclic amines) is 1. The van der Waals surface area contributed by atoms with E-state index in [-0.39, 0.29) is 6.04 Å². The number of hydrogen-bond acceptors (Lipinski definition) is 3. The predicted molar refractivity (Wildman–Crippen MR) is 62.1 cm³/mol. The maximum absolute atomic E-state index is 9.27. The number of halogens is 1. The number of hydrogen-bond donors (Lipinski definition) is 1. The van der Waals surface area contributed by atoms with Crippen molar-refractivity contribution in [3.63, 3.8) is 0 Å². The van der Waals surface area contributed by atoms with Gasteiger partial charge in [0.2, 0.25) is 0 Å². The zero-order valence-electron chi connectivity index (χ0n) is 9.33. The Morgan fingerprint density at radius 3 is 2.62 bits per heavy atom. The molecule has 1 aliphatic rings. The molecule has 0 amide bonds. The Hall–Kier alpha value is -1.05. The second kappa shape index (κ2) is 4.86. The molecule has 1 aromatic rings. The Morgan fingerprint density at radius 1 is 1.44 bits per heavy atom. The lowest BCUT2D eigenvalue weighted by atomic mass is 10.1. The summed E-state index contributed by atoms with van der Waals surface area (Å²) in [5.41, 5.74) is 0.739. The van der Waals surface area contributed by atoms with Gasteiger partial charge >= 0.3 is 0 Å². The predicted octanol–water partition coefficient (Wildman–Crippen LogP) is 2.42. The van der Waals surface area contributed by atoms with E-state index in [1.54, 1.807) is 0 Å². The number of aromatic amines is 1. The first-order chi connectivity index (χ1) is 7.72. The first-order valence-electron chi connectivity index (χ1n) is 5.58. The van der Waals surface area contributed by atoms with Crippen molar-refractivity contribution in [2.24, 2.45) is 0 Å². The lowest BCUT2D eigenvalue weighted by Crippen LogP contribution is -2.33. The van der Waals surface area contributed by atoms with Crippen molar-refractivity contribution in [3.05, 3.63) is 16.7 Å². The van der Waals surface area contributed by atoms with Gasteiger partial charge in [-0.2, -0.15) is 5.26 Å². The molecule has 5 heteroatoms. The fraction of sp³-hybridized carbons (Fsp3) is 0.636. The molecule has 2 rings (SSSR count). The van der Waals surface area contributed by atoms with E-state index < -0.39 is 0 Å². The molecular weight excluding hydrogens is 224 g/mol. The van der Waals surface area contributed by atoms with Crippen molar-refractivity contribution < 1.29 is 0 Å². The minimum Gasteiger partial charge on any atom is -0.343 e. The number of nitriles is 1. The summed E-state index contributed by atoms with van der Waals surface area (Å²) in [6.07, 6.45) is 3.57. The van der Waals surface area contributed by atoms with Crippen LogP contribution in [-0.4, -0.2) is 28.0 Å². The third-order valence-electron chi connectivity index (χ3n) is 2.96. The Labute approximate surface area is 100 Å². The van der Waals surface area contributed by atoms with E-state index in [1.807, 2.05) is 6.92 Å². The van der Waals surface area contributed by atoms with Crippen LogP contribution in [0.5, 0.6) is 0 Å². The Kier molecular flexibility index (Phi) is 3.47. The molecule has 0 radical (unpaired) electrons. The van der Waals surface area contributed by atoms with Gasteiger partial charge in [-0.15, -0.1) is 0 Å². The number of aryl methyl sites for hydroxylation is 1. The summed E-state index contributed by atoms with van der Waals surface area (Å²) in [4.78, 5) is 9.36.